The van der Waals surface area contributed by atoms with Gasteiger partial charge in [-0.25, -0.2) is 0 Å². The SMILES string of the molecule is CCCC1(O)c2ccccc2-c2ccccc21. The Morgan fingerprint density at radius 2 is 1.35 bits per heavy atom. The van der Waals surface area contributed by atoms with Crippen LogP contribution in [0.5, 0.6) is 0 Å². The van der Waals surface area contributed by atoms with Gasteiger partial charge in [0.2, 0.25) is 0 Å². The molecule has 1 nitrogen and oxygen atoms in total. The molecule has 2 aromatic rings. The molecular weight excluding hydrogens is 208 g/mol. The molecule has 2 aromatic carbocycles. The second-order valence-electron chi connectivity index (χ2n) is 4.70. The molecule has 86 valence electrons. The van der Waals surface area contributed by atoms with Gasteiger partial charge >= 0.3 is 0 Å². The average molecular weight is 224 g/mol. The van der Waals surface area contributed by atoms with E-state index in [0.717, 1.165) is 24.0 Å². The van der Waals surface area contributed by atoms with Crippen molar-refractivity contribution in [2.24, 2.45) is 0 Å². The molecule has 0 bridgehead atoms. The summed E-state index contributed by atoms with van der Waals surface area (Å²) in [6.45, 7) is 2.11. The Morgan fingerprint density at radius 3 is 1.82 bits per heavy atom. The van der Waals surface area contributed by atoms with Gasteiger partial charge in [-0.15, -0.1) is 0 Å². The van der Waals surface area contributed by atoms with Crippen molar-refractivity contribution in [1.82, 2.24) is 0 Å². The lowest BCUT2D eigenvalue weighted by atomic mass is 9.87. The second kappa shape index (κ2) is 3.71. The molecule has 1 aliphatic carbocycles. The Bertz CT molecular complexity index is 511. The third-order valence-corrected chi connectivity index (χ3v) is 3.65. The third-order valence-electron chi connectivity index (χ3n) is 3.65. The van der Waals surface area contributed by atoms with Gasteiger partial charge < -0.3 is 5.11 Å². The van der Waals surface area contributed by atoms with Crippen LogP contribution in [0.15, 0.2) is 48.5 Å². The summed E-state index contributed by atoms with van der Waals surface area (Å²) in [5, 5.41) is 11.0. The molecule has 0 aliphatic heterocycles. The van der Waals surface area contributed by atoms with E-state index in [1.807, 2.05) is 36.4 Å². The highest BCUT2D eigenvalue weighted by Gasteiger charge is 2.40. The quantitative estimate of drug-likeness (QED) is 0.824. The first kappa shape index (κ1) is 10.5. The summed E-state index contributed by atoms with van der Waals surface area (Å²) in [4.78, 5) is 0. The van der Waals surface area contributed by atoms with Gasteiger partial charge in [0.1, 0.15) is 5.60 Å². The summed E-state index contributed by atoms with van der Waals surface area (Å²) in [7, 11) is 0. The average Bonchev–Trinajstić information content (AvgIpc) is 2.62. The minimum atomic E-state index is -0.790. The van der Waals surface area contributed by atoms with Crippen LogP contribution < -0.4 is 0 Å². The van der Waals surface area contributed by atoms with Crippen LogP contribution in [0.2, 0.25) is 0 Å². The van der Waals surface area contributed by atoms with Crippen molar-refractivity contribution in [3.8, 4) is 11.1 Å². The van der Waals surface area contributed by atoms with Gasteiger partial charge in [-0.1, -0.05) is 61.9 Å². The van der Waals surface area contributed by atoms with E-state index in [9.17, 15) is 5.11 Å². The highest BCUT2D eigenvalue weighted by atomic mass is 16.3. The molecule has 1 aliphatic rings. The molecule has 1 heteroatoms. The zero-order chi connectivity index (χ0) is 11.9. The maximum absolute atomic E-state index is 11.0. The molecule has 3 rings (SSSR count). The van der Waals surface area contributed by atoms with E-state index >= 15 is 0 Å². The van der Waals surface area contributed by atoms with Gasteiger partial charge in [-0.2, -0.15) is 0 Å². The fraction of sp³-hybridized carbons (Fsp3) is 0.250. The summed E-state index contributed by atoms with van der Waals surface area (Å²) < 4.78 is 0. The van der Waals surface area contributed by atoms with Gasteiger partial charge in [-0.05, 0) is 28.7 Å². The van der Waals surface area contributed by atoms with Gasteiger partial charge in [0.25, 0.3) is 0 Å². The van der Waals surface area contributed by atoms with Crippen LogP contribution in [-0.4, -0.2) is 5.11 Å². The first-order valence-corrected chi connectivity index (χ1v) is 6.19. The zero-order valence-corrected chi connectivity index (χ0v) is 9.98. The highest BCUT2D eigenvalue weighted by molar-refractivity contribution is 5.79. The van der Waals surface area contributed by atoms with Crippen molar-refractivity contribution in [3.05, 3.63) is 59.7 Å². The minimum absolute atomic E-state index is 0.779. The van der Waals surface area contributed by atoms with Crippen LogP contribution in [0.4, 0.5) is 0 Å². The maximum Gasteiger partial charge on any atom is 0.116 e. The summed E-state index contributed by atoms with van der Waals surface area (Å²) in [5.41, 5.74) is 3.69. The third kappa shape index (κ3) is 1.36. The van der Waals surface area contributed by atoms with E-state index in [1.54, 1.807) is 0 Å². The minimum Gasteiger partial charge on any atom is -0.380 e. The Labute approximate surface area is 102 Å². The number of hydrogen-bond acceptors (Lipinski definition) is 1. The van der Waals surface area contributed by atoms with Crippen molar-refractivity contribution in [3.63, 3.8) is 0 Å². The normalized spacial score (nSPS) is 15.4. The molecule has 0 atom stereocenters. The summed E-state index contributed by atoms with van der Waals surface area (Å²) in [6, 6.07) is 16.4. The van der Waals surface area contributed by atoms with Crippen molar-refractivity contribution < 1.29 is 5.11 Å². The van der Waals surface area contributed by atoms with Crippen LogP contribution in [0.1, 0.15) is 30.9 Å². The number of rotatable bonds is 2. The molecule has 1 N–H and O–H groups in total. The zero-order valence-electron chi connectivity index (χ0n) is 9.98. The van der Waals surface area contributed by atoms with E-state index in [0.29, 0.717) is 0 Å². The number of fused-ring (bicyclic) bond motifs is 3. The van der Waals surface area contributed by atoms with Crippen LogP contribution in [0, 0.1) is 0 Å². The van der Waals surface area contributed by atoms with Crippen LogP contribution in [-0.2, 0) is 5.60 Å². The standard InChI is InChI=1S/C16H16O/c1-2-11-16(17)14-9-5-3-7-12(14)13-8-4-6-10-15(13)16/h3-10,17H,2,11H2,1H3. The Kier molecular flexibility index (Phi) is 2.30. The summed E-state index contributed by atoms with van der Waals surface area (Å²) in [5.74, 6) is 0. The van der Waals surface area contributed by atoms with E-state index in [1.165, 1.54) is 11.1 Å². The predicted octanol–water partition coefficient (Wildman–Crippen LogP) is 3.70. The summed E-state index contributed by atoms with van der Waals surface area (Å²) >= 11 is 0. The van der Waals surface area contributed by atoms with Gasteiger partial charge in [0.05, 0.1) is 0 Å². The predicted molar refractivity (Wildman–Crippen MR) is 69.8 cm³/mol. The Morgan fingerprint density at radius 1 is 0.882 bits per heavy atom. The van der Waals surface area contributed by atoms with Crippen molar-refractivity contribution in [2.75, 3.05) is 0 Å². The molecule has 0 radical (unpaired) electrons. The lowest BCUT2D eigenvalue weighted by Crippen LogP contribution is -2.23. The lowest BCUT2D eigenvalue weighted by Gasteiger charge is -2.25. The molecule has 0 saturated heterocycles. The molecule has 0 heterocycles. The fourth-order valence-corrected chi connectivity index (χ4v) is 2.93. The van der Waals surface area contributed by atoms with E-state index in [-0.39, 0.29) is 0 Å². The molecular formula is C16H16O. The molecule has 0 aromatic heterocycles. The van der Waals surface area contributed by atoms with Crippen molar-refractivity contribution >= 4 is 0 Å². The van der Waals surface area contributed by atoms with Crippen LogP contribution >= 0.6 is 0 Å². The molecule has 0 saturated carbocycles. The maximum atomic E-state index is 11.0. The summed E-state index contributed by atoms with van der Waals surface area (Å²) in [6.07, 6.45) is 1.75. The fourth-order valence-electron chi connectivity index (χ4n) is 2.93. The lowest BCUT2D eigenvalue weighted by molar-refractivity contribution is 0.0750. The van der Waals surface area contributed by atoms with E-state index in [4.69, 9.17) is 0 Å². The molecule has 0 spiro atoms. The largest absolute Gasteiger partial charge is 0.380 e. The Hall–Kier alpha value is -1.60. The van der Waals surface area contributed by atoms with E-state index in [2.05, 4.69) is 19.1 Å². The number of aliphatic hydroxyl groups is 1. The molecule has 0 amide bonds. The molecule has 0 unspecified atom stereocenters. The Balaban J connectivity index is 2.31. The molecule has 17 heavy (non-hydrogen) atoms. The van der Waals surface area contributed by atoms with E-state index < -0.39 is 5.60 Å². The first-order chi connectivity index (χ1) is 8.27. The van der Waals surface area contributed by atoms with Crippen molar-refractivity contribution in [2.45, 2.75) is 25.4 Å². The number of hydrogen-bond donors (Lipinski definition) is 1. The van der Waals surface area contributed by atoms with Crippen LogP contribution in [0.3, 0.4) is 0 Å². The first-order valence-electron chi connectivity index (χ1n) is 6.19. The smallest absolute Gasteiger partial charge is 0.116 e. The molecule has 0 fully saturated rings. The monoisotopic (exact) mass is 224 g/mol. The highest BCUT2D eigenvalue weighted by Crippen LogP contribution is 2.49. The van der Waals surface area contributed by atoms with Crippen molar-refractivity contribution in [1.29, 1.82) is 0 Å². The van der Waals surface area contributed by atoms with Gasteiger partial charge in [0.15, 0.2) is 0 Å². The topological polar surface area (TPSA) is 20.2 Å². The number of benzene rings is 2. The van der Waals surface area contributed by atoms with Gasteiger partial charge in [-0.3, -0.25) is 0 Å². The van der Waals surface area contributed by atoms with Gasteiger partial charge in [0, 0.05) is 0 Å². The second-order valence-corrected chi connectivity index (χ2v) is 4.70. The van der Waals surface area contributed by atoms with Crippen LogP contribution in [0.25, 0.3) is 11.1 Å².